The molecule has 2 heterocycles. The smallest absolute Gasteiger partial charge is 0.239 e. The van der Waals surface area contributed by atoms with Gasteiger partial charge in [0.15, 0.2) is 11.0 Å². The first kappa shape index (κ1) is 14.8. The monoisotopic (exact) mass is 315 g/mol. The summed E-state index contributed by atoms with van der Waals surface area (Å²) < 4.78 is 5.21. The molecule has 114 valence electrons. The number of fused-ring (bicyclic) bond motifs is 1. The average Bonchev–Trinajstić information content (AvgIpc) is 2.94. The van der Waals surface area contributed by atoms with Gasteiger partial charge in [-0.3, -0.25) is 0 Å². The Kier molecular flexibility index (Phi) is 4.24. The van der Waals surface area contributed by atoms with E-state index < -0.39 is 0 Å². The van der Waals surface area contributed by atoms with Crippen molar-refractivity contribution in [3.63, 3.8) is 0 Å². The molecule has 1 N–H and O–H groups in total. The van der Waals surface area contributed by atoms with E-state index in [0.29, 0.717) is 16.9 Å². The SMILES string of the molecule is CCNc1nc(S[C@H](C)c2nc(C)no2)nc2ccccc12. The van der Waals surface area contributed by atoms with Crippen molar-refractivity contribution in [1.29, 1.82) is 0 Å². The number of nitrogens with zero attached hydrogens (tertiary/aromatic N) is 4. The van der Waals surface area contributed by atoms with Crippen LogP contribution in [0, 0.1) is 6.92 Å². The topological polar surface area (TPSA) is 76.7 Å². The Balaban J connectivity index is 1.93. The Bertz CT molecular complexity index is 788. The van der Waals surface area contributed by atoms with Crippen LogP contribution in [0.15, 0.2) is 33.9 Å². The lowest BCUT2D eigenvalue weighted by Gasteiger charge is -2.10. The zero-order valence-corrected chi connectivity index (χ0v) is 13.5. The molecule has 22 heavy (non-hydrogen) atoms. The lowest BCUT2D eigenvalue weighted by Crippen LogP contribution is -2.03. The summed E-state index contributed by atoms with van der Waals surface area (Å²) in [5.74, 6) is 2.07. The van der Waals surface area contributed by atoms with Gasteiger partial charge in [0.05, 0.1) is 10.8 Å². The van der Waals surface area contributed by atoms with Gasteiger partial charge in [0.1, 0.15) is 5.82 Å². The van der Waals surface area contributed by atoms with E-state index in [2.05, 4.69) is 25.4 Å². The van der Waals surface area contributed by atoms with Crippen LogP contribution in [-0.4, -0.2) is 26.7 Å². The van der Waals surface area contributed by atoms with Crippen LogP contribution in [0.4, 0.5) is 5.82 Å². The second-order valence-corrected chi connectivity index (χ2v) is 6.15. The molecule has 0 unspecified atom stereocenters. The molecule has 0 amide bonds. The van der Waals surface area contributed by atoms with Gasteiger partial charge >= 0.3 is 0 Å². The predicted octanol–water partition coefficient (Wildman–Crippen LogP) is 3.61. The number of benzene rings is 1. The van der Waals surface area contributed by atoms with Crippen LogP contribution in [0.2, 0.25) is 0 Å². The van der Waals surface area contributed by atoms with Gasteiger partial charge in [-0.1, -0.05) is 29.1 Å². The van der Waals surface area contributed by atoms with Crippen LogP contribution in [0.25, 0.3) is 10.9 Å². The lowest BCUT2D eigenvalue weighted by molar-refractivity contribution is 0.376. The first-order valence-electron chi connectivity index (χ1n) is 7.15. The van der Waals surface area contributed by atoms with Crippen LogP contribution in [0.1, 0.15) is 30.8 Å². The molecule has 7 heteroatoms. The molecule has 3 aromatic rings. The summed E-state index contributed by atoms with van der Waals surface area (Å²) in [7, 11) is 0. The molecule has 1 aromatic carbocycles. The van der Waals surface area contributed by atoms with E-state index in [1.165, 1.54) is 11.8 Å². The maximum atomic E-state index is 5.21. The number of anilines is 1. The normalized spacial score (nSPS) is 12.5. The second kappa shape index (κ2) is 6.31. The fraction of sp³-hybridized carbons (Fsp3) is 0.333. The zero-order valence-electron chi connectivity index (χ0n) is 12.7. The van der Waals surface area contributed by atoms with Gasteiger partial charge in [0.2, 0.25) is 5.89 Å². The number of aryl methyl sites for hydroxylation is 1. The standard InChI is InChI=1S/C15H17N5OS/c1-4-16-13-11-7-5-6-8-12(11)18-15(19-13)22-9(2)14-17-10(3)20-21-14/h5-9H,4H2,1-3H3,(H,16,18,19)/t9-/m1/s1. The summed E-state index contributed by atoms with van der Waals surface area (Å²) in [6.07, 6.45) is 0. The summed E-state index contributed by atoms with van der Waals surface area (Å²) in [6.45, 7) is 6.67. The van der Waals surface area contributed by atoms with Crippen molar-refractivity contribution in [2.75, 3.05) is 11.9 Å². The van der Waals surface area contributed by atoms with E-state index in [-0.39, 0.29) is 5.25 Å². The van der Waals surface area contributed by atoms with Crippen LogP contribution in [-0.2, 0) is 0 Å². The van der Waals surface area contributed by atoms with E-state index in [1.807, 2.05) is 38.1 Å². The fourth-order valence-corrected chi connectivity index (χ4v) is 2.90. The van der Waals surface area contributed by atoms with Crippen molar-refractivity contribution in [1.82, 2.24) is 20.1 Å². The maximum Gasteiger partial charge on any atom is 0.239 e. The van der Waals surface area contributed by atoms with Gasteiger partial charge in [0, 0.05) is 11.9 Å². The van der Waals surface area contributed by atoms with Crippen LogP contribution < -0.4 is 5.32 Å². The summed E-state index contributed by atoms with van der Waals surface area (Å²) in [5.41, 5.74) is 0.921. The number of hydrogen-bond acceptors (Lipinski definition) is 7. The predicted molar refractivity (Wildman–Crippen MR) is 87.0 cm³/mol. The highest BCUT2D eigenvalue weighted by molar-refractivity contribution is 7.99. The first-order valence-corrected chi connectivity index (χ1v) is 8.03. The van der Waals surface area contributed by atoms with Crippen molar-refractivity contribution in [3.05, 3.63) is 36.0 Å². The minimum Gasteiger partial charge on any atom is -0.370 e. The zero-order chi connectivity index (χ0) is 15.5. The molecular weight excluding hydrogens is 298 g/mol. The number of hydrogen-bond donors (Lipinski definition) is 1. The summed E-state index contributed by atoms with van der Waals surface area (Å²) in [5, 5.41) is 8.83. The van der Waals surface area contributed by atoms with Crippen LogP contribution in [0.3, 0.4) is 0 Å². The van der Waals surface area contributed by atoms with E-state index in [4.69, 9.17) is 4.52 Å². The van der Waals surface area contributed by atoms with Gasteiger partial charge in [-0.2, -0.15) is 4.98 Å². The van der Waals surface area contributed by atoms with Crippen molar-refractivity contribution < 1.29 is 4.52 Å². The Morgan fingerprint density at radius 3 is 2.77 bits per heavy atom. The molecule has 0 radical (unpaired) electrons. The third-order valence-corrected chi connectivity index (χ3v) is 4.05. The molecule has 0 aliphatic heterocycles. The molecule has 0 fully saturated rings. The van der Waals surface area contributed by atoms with Gasteiger partial charge < -0.3 is 9.84 Å². The summed E-state index contributed by atoms with van der Waals surface area (Å²) >= 11 is 1.51. The van der Waals surface area contributed by atoms with Gasteiger partial charge in [-0.05, 0) is 32.9 Å². The van der Waals surface area contributed by atoms with Crippen molar-refractivity contribution in [2.45, 2.75) is 31.2 Å². The minimum absolute atomic E-state index is 0.00293. The lowest BCUT2D eigenvalue weighted by atomic mass is 10.2. The number of aromatic nitrogens is 4. The van der Waals surface area contributed by atoms with Gasteiger partial charge in [0.25, 0.3) is 0 Å². The Labute approximate surface area is 132 Å². The fourth-order valence-electron chi connectivity index (χ4n) is 2.10. The van der Waals surface area contributed by atoms with Crippen molar-refractivity contribution in [2.24, 2.45) is 0 Å². The van der Waals surface area contributed by atoms with Crippen molar-refractivity contribution >= 4 is 28.5 Å². The van der Waals surface area contributed by atoms with E-state index in [0.717, 1.165) is 23.3 Å². The molecule has 6 nitrogen and oxygen atoms in total. The molecular formula is C15H17N5OS. The summed E-state index contributed by atoms with van der Waals surface area (Å²) in [4.78, 5) is 13.5. The van der Waals surface area contributed by atoms with E-state index >= 15 is 0 Å². The molecule has 2 aromatic heterocycles. The quantitative estimate of drug-likeness (QED) is 0.569. The highest BCUT2D eigenvalue weighted by Gasteiger charge is 2.17. The van der Waals surface area contributed by atoms with Crippen LogP contribution in [0.5, 0.6) is 0 Å². The first-order chi connectivity index (χ1) is 10.7. The van der Waals surface area contributed by atoms with E-state index in [1.54, 1.807) is 6.92 Å². The average molecular weight is 315 g/mol. The minimum atomic E-state index is -0.00293. The third-order valence-electron chi connectivity index (χ3n) is 3.10. The Hall–Kier alpha value is -2.15. The molecule has 0 bridgehead atoms. The number of nitrogens with one attached hydrogen (secondary N) is 1. The van der Waals surface area contributed by atoms with Gasteiger partial charge in [-0.15, -0.1) is 0 Å². The van der Waals surface area contributed by atoms with Gasteiger partial charge in [-0.25, -0.2) is 9.97 Å². The third kappa shape index (κ3) is 3.04. The van der Waals surface area contributed by atoms with Crippen molar-refractivity contribution in [3.8, 4) is 0 Å². The Morgan fingerprint density at radius 2 is 2.05 bits per heavy atom. The molecule has 3 rings (SSSR count). The number of thioether (sulfide) groups is 1. The molecule has 0 aliphatic carbocycles. The van der Waals surface area contributed by atoms with Crippen LogP contribution >= 0.6 is 11.8 Å². The number of rotatable bonds is 5. The molecule has 0 saturated carbocycles. The molecule has 0 saturated heterocycles. The summed E-state index contributed by atoms with van der Waals surface area (Å²) in [6, 6.07) is 7.98. The second-order valence-electron chi connectivity index (χ2n) is 4.84. The maximum absolute atomic E-state index is 5.21. The number of para-hydroxylation sites is 1. The highest BCUT2D eigenvalue weighted by atomic mass is 32.2. The Morgan fingerprint density at radius 1 is 1.23 bits per heavy atom. The molecule has 0 spiro atoms. The van der Waals surface area contributed by atoms with E-state index in [9.17, 15) is 0 Å². The highest BCUT2D eigenvalue weighted by Crippen LogP contribution is 2.33. The molecule has 0 aliphatic rings. The molecule has 1 atom stereocenters. The largest absolute Gasteiger partial charge is 0.370 e.